The van der Waals surface area contributed by atoms with Gasteiger partial charge in [0.2, 0.25) is 17.7 Å². The van der Waals surface area contributed by atoms with Crippen LogP contribution < -0.4 is 31.9 Å². The lowest BCUT2D eigenvalue weighted by Crippen LogP contribution is -2.57. The van der Waals surface area contributed by atoms with E-state index in [0.29, 0.717) is 19.3 Å². The number of rotatable bonds is 24. The molecule has 0 unspecified atom stereocenters. The Balaban J connectivity index is 4.91. The highest BCUT2D eigenvalue weighted by molar-refractivity contribution is 6.77. The lowest BCUT2D eigenvalue weighted by molar-refractivity contribution is -0.132. The summed E-state index contributed by atoms with van der Waals surface area (Å²) in [6, 6.07) is 0. The number of carbonyl (C=O) groups is 6. The van der Waals surface area contributed by atoms with Crippen LogP contribution in [-0.2, 0) is 43.0 Å². The van der Waals surface area contributed by atoms with Crippen molar-refractivity contribution in [3.05, 3.63) is 0 Å². The van der Waals surface area contributed by atoms with Crippen molar-refractivity contribution in [2.75, 3.05) is 59.3 Å². The maximum atomic E-state index is 12.5. The molecule has 0 spiro atoms. The molecule has 6 amide bonds. The number of hydrogen-bond donors (Lipinski definition) is 6. The van der Waals surface area contributed by atoms with Crippen molar-refractivity contribution in [2.45, 2.75) is 88.8 Å². The van der Waals surface area contributed by atoms with Crippen LogP contribution in [0.15, 0.2) is 0 Å². The number of amides is 6. The van der Waals surface area contributed by atoms with Crippen LogP contribution in [0.2, 0.25) is 0 Å². The maximum absolute atomic E-state index is 12.5. The van der Waals surface area contributed by atoms with E-state index >= 15 is 0 Å². The third-order valence-electron chi connectivity index (χ3n) is 7.07. The highest BCUT2D eigenvalue weighted by atomic mass is 35.6. The molecule has 55 heavy (non-hydrogen) atoms. The highest BCUT2D eigenvalue weighted by Gasteiger charge is 2.40. The molecule has 0 aromatic carbocycles. The van der Waals surface area contributed by atoms with E-state index in [9.17, 15) is 28.8 Å². The molecule has 0 atom stereocenters. The summed E-state index contributed by atoms with van der Waals surface area (Å²) in [5.41, 5.74) is -4.03. The molecule has 15 nitrogen and oxygen atoms in total. The molecule has 0 saturated heterocycles. The fraction of sp³-hybridized carbons (Fsp3) is 0.806. The van der Waals surface area contributed by atoms with E-state index in [-0.39, 0.29) is 65.2 Å². The Hall–Kier alpha value is -0.690. The van der Waals surface area contributed by atoms with E-state index in [4.69, 9.17) is 119 Å². The van der Waals surface area contributed by atoms with E-state index in [2.05, 4.69) is 31.9 Å². The van der Waals surface area contributed by atoms with Gasteiger partial charge in [-0.15, -0.1) is 0 Å². The van der Waals surface area contributed by atoms with Crippen molar-refractivity contribution >= 4 is 140 Å². The molecule has 0 aromatic rings. The molecular weight excluding hydrogens is 919 g/mol. The van der Waals surface area contributed by atoms with Gasteiger partial charge in [0.15, 0.2) is 0 Å². The van der Waals surface area contributed by atoms with Gasteiger partial charge in [0, 0.05) is 45.4 Å². The maximum Gasteiger partial charge on any atom is 0.272 e. The topological polar surface area (TPSA) is 202 Å². The first-order valence-electron chi connectivity index (χ1n) is 16.7. The molecule has 0 saturated carbocycles. The zero-order valence-electron chi connectivity index (χ0n) is 31.1. The van der Waals surface area contributed by atoms with Crippen molar-refractivity contribution in [1.29, 1.82) is 0 Å². The van der Waals surface area contributed by atoms with E-state index in [1.54, 1.807) is 0 Å². The molecule has 0 aliphatic carbocycles. The quantitative estimate of drug-likeness (QED) is 0.0612. The summed E-state index contributed by atoms with van der Waals surface area (Å²) in [5.74, 6) is -4.51. The van der Waals surface area contributed by atoms with Crippen LogP contribution in [0.4, 0.5) is 0 Å². The van der Waals surface area contributed by atoms with E-state index in [1.165, 1.54) is 41.5 Å². The fourth-order valence-corrected chi connectivity index (χ4v) is 4.35. The Morgan fingerprint density at radius 2 is 0.636 bits per heavy atom. The zero-order chi connectivity index (χ0) is 42.9. The van der Waals surface area contributed by atoms with Crippen molar-refractivity contribution < 1.29 is 43.0 Å². The summed E-state index contributed by atoms with van der Waals surface area (Å²) in [6.07, 6.45) is 1.31. The summed E-state index contributed by atoms with van der Waals surface area (Å²) < 4.78 is 10.7. The summed E-state index contributed by atoms with van der Waals surface area (Å²) in [7, 11) is 0. The van der Waals surface area contributed by atoms with Crippen LogP contribution in [0.5, 0.6) is 0 Å². The van der Waals surface area contributed by atoms with Crippen molar-refractivity contribution in [2.24, 2.45) is 5.92 Å². The third kappa shape index (κ3) is 23.5. The molecule has 0 bridgehead atoms. The van der Waals surface area contributed by atoms with Gasteiger partial charge in [-0.2, -0.15) is 0 Å². The second kappa shape index (κ2) is 24.4. The zero-order valence-corrected chi connectivity index (χ0v) is 37.9. The third-order valence-corrected chi connectivity index (χ3v) is 8.61. The van der Waals surface area contributed by atoms with E-state index in [0.717, 1.165) is 0 Å². The van der Waals surface area contributed by atoms with Gasteiger partial charge in [-0.05, 0) is 60.8 Å². The predicted molar refractivity (Wildman–Crippen MR) is 216 cm³/mol. The second-order valence-electron chi connectivity index (χ2n) is 13.6. The van der Waals surface area contributed by atoms with Gasteiger partial charge in [0.05, 0.1) is 19.8 Å². The van der Waals surface area contributed by atoms with Gasteiger partial charge in [0.25, 0.3) is 29.1 Å². The Labute approximate surface area is 366 Å². The molecule has 24 heteroatoms. The summed E-state index contributed by atoms with van der Waals surface area (Å²) in [5, 5.41) is 15.2. The standard InChI is InChI=1S/C31H49Cl9N6O9/c1-26(2,44-23(50)29(32,33)34)20(47)41-10-7-13-53-16-19(17-54-14-8-11-42-21(48)27(3,4)45-24(51)30(35,36)37)18-55-15-9-12-43-22(49)28(5,6)46-25(52)31(38,39)40/h19H,7-18H2,1-6H3,(H,41,47)(H,42,48)(H,43,49)(H,44,50)(H,45,51)(H,46,52). The van der Waals surface area contributed by atoms with Gasteiger partial charge in [0.1, 0.15) is 16.6 Å². The smallest absolute Gasteiger partial charge is 0.272 e. The number of carbonyl (C=O) groups excluding carboxylic acids is 6. The Morgan fingerprint density at radius 3 is 0.836 bits per heavy atom. The van der Waals surface area contributed by atoms with Crippen LogP contribution in [0.3, 0.4) is 0 Å². The minimum Gasteiger partial charge on any atom is -0.381 e. The van der Waals surface area contributed by atoms with Gasteiger partial charge in [-0.25, -0.2) is 0 Å². The molecular formula is C31H49Cl9N6O9. The molecule has 0 aliphatic heterocycles. The van der Waals surface area contributed by atoms with Gasteiger partial charge < -0.3 is 46.1 Å². The Bertz CT molecular complexity index is 1140. The molecule has 320 valence electrons. The van der Waals surface area contributed by atoms with Gasteiger partial charge in [-0.1, -0.05) is 104 Å². The van der Waals surface area contributed by atoms with E-state index in [1.807, 2.05) is 0 Å². The fourth-order valence-electron chi connectivity index (χ4n) is 3.92. The van der Waals surface area contributed by atoms with Crippen LogP contribution in [0.1, 0.15) is 60.8 Å². The number of nitrogens with one attached hydrogen (secondary N) is 6. The molecule has 0 rings (SSSR count). The summed E-state index contributed by atoms with van der Waals surface area (Å²) in [6.45, 7) is 11.0. The first-order valence-corrected chi connectivity index (χ1v) is 20.1. The molecule has 6 N–H and O–H groups in total. The largest absolute Gasteiger partial charge is 0.381 e. The first kappa shape index (κ1) is 54.3. The second-order valence-corrected chi connectivity index (χ2v) is 20.5. The molecule has 0 aliphatic rings. The van der Waals surface area contributed by atoms with E-state index < -0.39 is 63.4 Å². The monoisotopic (exact) mass is 964 g/mol. The minimum atomic E-state index is -2.22. The lowest BCUT2D eigenvalue weighted by atomic mass is 10.0. The minimum absolute atomic E-state index is 0.220. The Kier molecular flexibility index (Phi) is 24.1. The molecule has 0 fully saturated rings. The van der Waals surface area contributed by atoms with Gasteiger partial charge >= 0.3 is 0 Å². The van der Waals surface area contributed by atoms with Crippen molar-refractivity contribution in [1.82, 2.24) is 31.9 Å². The lowest BCUT2D eigenvalue weighted by Gasteiger charge is -2.27. The Morgan fingerprint density at radius 1 is 0.418 bits per heavy atom. The van der Waals surface area contributed by atoms with Gasteiger partial charge in [-0.3, -0.25) is 28.8 Å². The number of hydrogen-bond acceptors (Lipinski definition) is 9. The highest BCUT2D eigenvalue weighted by Crippen LogP contribution is 2.28. The number of halogens is 9. The summed E-state index contributed by atoms with van der Waals surface area (Å²) in [4.78, 5) is 73.5. The first-order chi connectivity index (χ1) is 24.9. The summed E-state index contributed by atoms with van der Waals surface area (Å²) >= 11 is 50.1. The SMILES string of the molecule is CC(C)(NC(=O)C(Cl)(Cl)Cl)C(=O)NCCCOCC(COCCCNC(=O)C(C)(C)NC(=O)C(Cl)(Cl)Cl)COCCCNC(=O)C(C)(C)NC(=O)C(Cl)(Cl)Cl. The van der Waals surface area contributed by atoms with Crippen LogP contribution in [0, 0.1) is 5.92 Å². The average molecular weight is 969 g/mol. The number of ether oxygens (including phenoxy) is 3. The average Bonchev–Trinajstić information content (AvgIpc) is 3.02. The molecule has 0 heterocycles. The van der Waals surface area contributed by atoms with Crippen LogP contribution >= 0.6 is 104 Å². The number of alkyl halides is 9. The predicted octanol–water partition coefficient (Wildman–Crippen LogP) is 3.97. The van der Waals surface area contributed by atoms with Crippen LogP contribution in [0.25, 0.3) is 0 Å². The molecule has 0 aromatic heterocycles. The molecule has 0 radical (unpaired) electrons. The normalized spacial score (nSPS) is 12.9. The van der Waals surface area contributed by atoms with Crippen molar-refractivity contribution in [3.8, 4) is 0 Å². The van der Waals surface area contributed by atoms with Crippen LogP contribution in [-0.4, -0.2) is 123 Å². The van der Waals surface area contributed by atoms with Crippen molar-refractivity contribution in [3.63, 3.8) is 0 Å².